The van der Waals surface area contributed by atoms with E-state index in [0.717, 1.165) is 0 Å². The van der Waals surface area contributed by atoms with Crippen molar-refractivity contribution in [1.29, 1.82) is 0 Å². The van der Waals surface area contributed by atoms with Gasteiger partial charge in [0.1, 0.15) is 61.1 Å². The summed E-state index contributed by atoms with van der Waals surface area (Å²) in [6, 6.07) is -0.906. The molecule has 13 nitrogen and oxygen atoms in total. The molecule has 2 fully saturated rings. The summed E-state index contributed by atoms with van der Waals surface area (Å²) in [5.74, 6) is -0.611. The van der Waals surface area contributed by atoms with Gasteiger partial charge in [-0.05, 0) is 20.8 Å². The van der Waals surface area contributed by atoms with E-state index in [9.17, 15) is 40.5 Å². The van der Waals surface area contributed by atoms with Crippen LogP contribution in [-0.4, -0.2) is 128 Å². The Balaban J connectivity index is 2.07. The van der Waals surface area contributed by atoms with Crippen molar-refractivity contribution in [2.24, 2.45) is 0 Å². The highest BCUT2D eigenvalue weighted by atomic mass is 16.7. The van der Waals surface area contributed by atoms with Crippen LogP contribution in [0.3, 0.4) is 0 Å². The molecule has 2 aliphatic rings. The summed E-state index contributed by atoms with van der Waals surface area (Å²) in [6.45, 7) is 3.45. The monoisotopic (exact) mass is 455 g/mol. The van der Waals surface area contributed by atoms with E-state index in [0.29, 0.717) is 0 Å². The minimum atomic E-state index is -1.75. The molecular formula is C18H33NO12. The van der Waals surface area contributed by atoms with Gasteiger partial charge in [0, 0.05) is 0 Å². The van der Waals surface area contributed by atoms with E-state index in [4.69, 9.17) is 18.9 Å². The van der Waals surface area contributed by atoms with E-state index < -0.39 is 86.6 Å². The number of ether oxygens (including phenoxy) is 4. The maximum Gasteiger partial charge on any atom is 0.323 e. The Labute approximate surface area is 179 Å². The van der Waals surface area contributed by atoms with Gasteiger partial charge in [0.2, 0.25) is 0 Å². The molecule has 2 rings (SSSR count). The highest BCUT2D eigenvalue weighted by Crippen LogP contribution is 2.28. The number of hydrogen-bond acceptors (Lipinski definition) is 13. The number of hydrogen-bond donors (Lipinski definition) is 8. The quantitative estimate of drug-likeness (QED) is 0.163. The molecule has 11 atom stereocenters. The first-order chi connectivity index (χ1) is 14.5. The SMILES string of the molecule is CC(C)OC(=O)[C@H](C)NC1O[C@H](CO)[C@@H](OC2O[C@H](CO)[C@H](O)[C@H](O)[C@H]2O)[C@@H](O)[C@H]1O. The molecule has 2 aliphatic heterocycles. The fourth-order valence-corrected chi connectivity index (χ4v) is 3.38. The van der Waals surface area contributed by atoms with Crippen LogP contribution in [0.1, 0.15) is 20.8 Å². The van der Waals surface area contributed by atoms with Crippen molar-refractivity contribution in [3.63, 3.8) is 0 Å². The van der Waals surface area contributed by atoms with Gasteiger partial charge >= 0.3 is 5.97 Å². The second-order valence-electron chi connectivity index (χ2n) is 7.93. The average Bonchev–Trinajstić information content (AvgIpc) is 2.72. The predicted molar refractivity (Wildman–Crippen MR) is 100 cm³/mol. The fourth-order valence-electron chi connectivity index (χ4n) is 3.38. The van der Waals surface area contributed by atoms with Crippen molar-refractivity contribution in [3.05, 3.63) is 0 Å². The lowest BCUT2D eigenvalue weighted by Crippen LogP contribution is -2.67. The lowest BCUT2D eigenvalue weighted by molar-refractivity contribution is -0.343. The van der Waals surface area contributed by atoms with E-state index in [2.05, 4.69) is 5.32 Å². The summed E-state index contributed by atoms with van der Waals surface area (Å²) < 4.78 is 21.3. The van der Waals surface area contributed by atoms with Crippen molar-refractivity contribution in [3.8, 4) is 0 Å². The van der Waals surface area contributed by atoms with E-state index in [1.807, 2.05) is 0 Å². The summed E-state index contributed by atoms with van der Waals surface area (Å²) in [4.78, 5) is 12.0. The average molecular weight is 455 g/mol. The number of rotatable bonds is 8. The minimum absolute atomic E-state index is 0.360. The summed E-state index contributed by atoms with van der Waals surface area (Å²) in [5, 5.41) is 72.4. The molecule has 2 heterocycles. The first kappa shape index (κ1) is 26.3. The van der Waals surface area contributed by atoms with Crippen LogP contribution in [0, 0.1) is 0 Å². The Bertz CT molecular complexity index is 576. The van der Waals surface area contributed by atoms with Crippen molar-refractivity contribution < 1.29 is 59.5 Å². The van der Waals surface area contributed by atoms with Gasteiger partial charge in [0.15, 0.2) is 6.29 Å². The number of nitrogens with one attached hydrogen (secondary N) is 1. The van der Waals surface area contributed by atoms with Crippen molar-refractivity contribution in [2.75, 3.05) is 13.2 Å². The summed E-state index contributed by atoms with van der Waals surface area (Å²) >= 11 is 0. The van der Waals surface area contributed by atoms with Crippen LogP contribution in [-0.2, 0) is 23.7 Å². The van der Waals surface area contributed by atoms with Crippen molar-refractivity contribution >= 4 is 5.97 Å². The second kappa shape index (κ2) is 11.2. The third-order valence-electron chi connectivity index (χ3n) is 5.12. The molecule has 0 amide bonds. The van der Waals surface area contributed by atoms with Crippen LogP contribution in [0.2, 0.25) is 0 Å². The third-order valence-corrected chi connectivity index (χ3v) is 5.12. The number of esters is 1. The molecule has 0 aromatic rings. The molecule has 31 heavy (non-hydrogen) atoms. The molecule has 8 N–H and O–H groups in total. The van der Waals surface area contributed by atoms with Gasteiger partial charge < -0.3 is 54.7 Å². The lowest BCUT2D eigenvalue weighted by atomic mass is 9.96. The molecule has 0 radical (unpaired) electrons. The molecule has 2 unspecified atom stereocenters. The van der Waals surface area contributed by atoms with Crippen LogP contribution >= 0.6 is 0 Å². The van der Waals surface area contributed by atoms with Crippen molar-refractivity contribution in [2.45, 2.75) is 94.3 Å². The number of aliphatic hydroxyl groups is 7. The lowest BCUT2D eigenvalue weighted by Gasteiger charge is -2.46. The van der Waals surface area contributed by atoms with E-state index >= 15 is 0 Å². The molecule has 182 valence electrons. The Morgan fingerprint density at radius 1 is 0.871 bits per heavy atom. The zero-order valence-corrected chi connectivity index (χ0v) is 17.5. The highest BCUT2D eigenvalue weighted by molar-refractivity contribution is 5.75. The molecule has 13 heteroatoms. The van der Waals surface area contributed by atoms with Crippen LogP contribution in [0.4, 0.5) is 0 Å². The smallest absolute Gasteiger partial charge is 0.323 e. The summed E-state index contributed by atoms with van der Waals surface area (Å²) in [6.07, 6.45) is -15.5. The topological polar surface area (TPSA) is 208 Å². The Kier molecular flexibility index (Phi) is 9.54. The highest BCUT2D eigenvalue weighted by Gasteiger charge is 2.50. The summed E-state index contributed by atoms with van der Waals surface area (Å²) in [5.41, 5.74) is 0. The largest absolute Gasteiger partial charge is 0.462 e. The molecule has 0 saturated carbocycles. The fraction of sp³-hybridized carbons (Fsp3) is 0.944. The molecule has 0 bridgehead atoms. The second-order valence-corrected chi connectivity index (χ2v) is 7.93. The maximum atomic E-state index is 12.0. The first-order valence-corrected chi connectivity index (χ1v) is 10.1. The van der Waals surface area contributed by atoms with Gasteiger partial charge in [-0.15, -0.1) is 0 Å². The summed E-state index contributed by atoms with van der Waals surface area (Å²) in [7, 11) is 0. The van der Waals surface area contributed by atoms with Crippen LogP contribution < -0.4 is 5.32 Å². The Morgan fingerprint density at radius 2 is 1.48 bits per heavy atom. The predicted octanol–water partition coefficient (Wildman–Crippen LogP) is -4.46. The first-order valence-electron chi connectivity index (χ1n) is 10.1. The third kappa shape index (κ3) is 6.09. The van der Waals surface area contributed by atoms with Crippen LogP contribution in [0.25, 0.3) is 0 Å². The number of aliphatic hydroxyl groups excluding tert-OH is 7. The maximum absolute atomic E-state index is 12.0. The standard InChI is InChI=1S/C18H33NO12/c1-6(2)28-17(27)7(3)19-16-13(25)12(24)15(9(5-21)29-16)31-18-14(26)11(23)10(22)8(4-20)30-18/h6-16,18-26H,4-5H2,1-3H3/t7-,8+,9+,10-,11-,12-,13+,14+,15+,16?,18?/m0/s1. The minimum Gasteiger partial charge on any atom is -0.462 e. The van der Waals surface area contributed by atoms with Crippen LogP contribution in [0.15, 0.2) is 0 Å². The van der Waals surface area contributed by atoms with Gasteiger partial charge in [-0.1, -0.05) is 0 Å². The number of carbonyl (C=O) groups excluding carboxylic acids is 1. The molecule has 0 aromatic heterocycles. The van der Waals surface area contributed by atoms with Gasteiger partial charge in [-0.2, -0.15) is 0 Å². The Hall–Kier alpha value is -0.970. The number of carbonyl (C=O) groups is 1. The zero-order chi connectivity index (χ0) is 23.5. The zero-order valence-electron chi connectivity index (χ0n) is 17.5. The van der Waals surface area contributed by atoms with Crippen molar-refractivity contribution in [1.82, 2.24) is 5.32 Å². The van der Waals surface area contributed by atoms with E-state index in [1.165, 1.54) is 6.92 Å². The molecule has 2 saturated heterocycles. The van der Waals surface area contributed by atoms with Gasteiger partial charge in [-0.25, -0.2) is 0 Å². The van der Waals surface area contributed by atoms with Gasteiger partial charge in [0.25, 0.3) is 0 Å². The molecule has 0 aromatic carbocycles. The molecule has 0 aliphatic carbocycles. The van der Waals surface area contributed by atoms with Crippen LogP contribution in [0.5, 0.6) is 0 Å². The van der Waals surface area contributed by atoms with Gasteiger partial charge in [-0.3, -0.25) is 10.1 Å². The molecule has 0 spiro atoms. The molecular weight excluding hydrogens is 422 g/mol. The Morgan fingerprint density at radius 3 is 2.03 bits per heavy atom. The normalized spacial score (nSPS) is 42.4. The van der Waals surface area contributed by atoms with Gasteiger partial charge in [0.05, 0.1) is 19.3 Å². The van der Waals surface area contributed by atoms with E-state index in [1.54, 1.807) is 13.8 Å². The van der Waals surface area contributed by atoms with E-state index in [-0.39, 0.29) is 6.10 Å².